The van der Waals surface area contributed by atoms with Gasteiger partial charge in [0.2, 0.25) is 5.71 Å². The molecule has 90 valence electrons. The summed E-state index contributed by atoms with van der Waals surface area (Å²) in [6, 6.07) is 7.58. The first-order valence-corrected chi connectivity index (χ1v) is 5.08. The standard InChI is InChI=1S/C12H13NO4/c1-8-3-2-4-9(7-8)5-6-10(14)11(13-17)12(15)16/h2-4,7,17H,5-6H2,1H3,(H,15,16)/b13-11-. The Labute approximate surface area is 98.4 Å². The van der Waals surface area contributed by atoms with E-state index in [2.05, 4.69) is 5.16 Å². The molecule has 1 aromatic carbocycles. The number of aryl methyl sites for hydroxylation is 2. The maximum absolute atomic E-state index is 11.4. The van der Waals surface area contributed by atoms with Crippen LogP contribution in [0.15, 0.2) is 29.4 Å². The van der Waals surface area contributed by atoms with Crippen molar-refractivity contribution in [3.63, 3.8) is 0 Å². The third-order valence-electron chi connectivity index (χ3n) is 2.29. The van der Waals surface area contributed by atoms with Crippen LogP contribution in [0.3, 0.4) is 0 Å². The van der Waals surface area contributed by atoms with E-state index in [1.165, 1.54) is 0 Å². The van der Waals surface area contributed by atoms with E-state index in [-0.39, 0.29) is 6.42 Å². The van der Waals surface area contributed by atoms with Gasteiger partial charge in [-0.25, -0.2) is 4.79 Å². The number of nitrogens with zero attached hydrogens (tertiary/aromatic N) is 1. The summed E-state index contributed by atoms with van der Waals surface area (Å²) < 4.78 is 0. The lowest BCUT2D eigenvalue weighted by Gasteiger charge is -2.01. The fourth-order valence-corrected chi connectivity index (χ4v) is 1.46. The molecule has 17 heavy (non-hydrogen) atoms. The SMILES string of the molecule is Cc1cccc(CCC(=O)/C(=N/O)C(=O)O)c1. The first-order valence-electron chi connectivity index (χ1n) is 5.08. The van der Waals surface area contributed by atoms with E-state index in [1.807, 2.05) is 31.2 Å². The van der Waals surface area contributed by atoms with E-state index in [4.69, 9.17) is 10.3 Å². The number of hydrogen-bond donors (Lipinski definition) is 2. The number of aliphatic carboxylic acids is 1. The van der Waals surface area contributed by atoms with Gasteiger partial charge in [-0.15, -0.1) is 0 Å². The highest BCUT2D eigenvalue weighted by Gasteiger charge is 2.19. The molecule has 5 nitrogen and oxygen atoms in total. The van der Waals surface area contributed by atoms with Crippen molar-refractivity contribution in [2.45, 2.75) is 19.8 Å². The van der Waals surface area contributed by atoms with E-state index in [0.29, 0.717) is 6.42 Å². The summed E-state index contributed by atoms with van der Waals surface area (Å²) in [6.45, 7) is 1.93. The summed E-state index contributed by atoms with van der Waals surface area (Å²) in [7, 11) is 0. The number of benzene rings is 1. The van der Waals surface area contributed by atoms with E-state index in [9.17, 15) is 9.59 Å². The number of carbonyl (C=O) groups is 2. The van der Waals surface area contributed by atoms with Crippen LogP contribution >= 0.6 is 0 Å². The normalized spacial score (nSPS) is 11.2. The largest absolute Gasteiger partial charge is 0.476 e. The molecule has 0 aliphatic heterocycles. The van der Waals surface area contributed by atoms with Gasteiger partial charge in [-0.05, 0) is 18.9 Å². The van der Waals surface area contributed by atoms with Gasteiger partial charge in [0, 0.05) is 6.42 Å². The van der Waals surface area contributed by atoms with Crippen LogP contribution in [0.4, 0.5) is 0 Å². The molecule has 0 aromatic heterocycles. The van der Waals surface area contributed by atoms with Crippen LogP contribution in [0, 0.1) is 6.92 Å². The van der Waals surface area contributed by atoms with E-state index in [0.717, 1.165) is 11.1 Å². The maximum atomic E-state index is 11.4. The smallest absolute Gasteiger partial charge is 0.361 e. The zero-order valence-corrected chi connectivity index (χ0v) is 9.38. The van der Waals surface area contributed by atoms with E-state index < -0.39 is 17.5 Å². The molecule has 0 aliphatic rings. The average Bonchev–Trinajstić information content (AvgIpc) is 2.27. The van der Waals surface area contributed by atoms with Gasteiger partial charge in [-0.3, -0.25) is 4.79 Å². The minimum atomic E-state index is -1.51. The fraction of sp³-hybridized carbons (Fsp3) is 0.250. The Bertz CT molecular complexity index is 465. The van der Waals surface area contributed by atoms with E-state index >= 15 is 0 Å². The minimum Gasteiger partial charge on any atom is -0.476 e. The molecule has 0 atom stereocenters. The zero-order valence-electron chi connectivity index (χ0n) is 9.38. The number of Topliss-reactive ketones (excluding diaryl/α,β-unsaturated/α-hetero) is 1. The highest BCUT2D eigenvalue weighted by atomic mass is 16.4. The third kappa shape index (κ3) is 3.71. The summed E-state index contributed by atoms with van der Waals surface area (Å²) in [5.41, 5.74) is 1.20. The molecule has 0 radical (unpaired) electrons. The molecular formula is C12H13NO4. The number of carboxylic acid groups (broad SMARTS) is 1. The second kappa shape index (κ2) is 5.79. The van der Waals surface area contributed by atoms with Crippen LogP contribution in [-0.2, 0) is 16.0 Å². The molecule has 0 bridgehead atoms. The van der Waals surface area contributed by atoms with Crippen molar-refractivity contribution < 1.29 is 19.9 Å². The van der Waals surface area contributed by atoms with Gasteiger partial charge in [0.15, 0.2) is 5.78 Å². The topological polar surface area (TPSA) is 87.0 Å². The molecule has 0 unspecified atom stereocenters. The van der Waals surface area contributed by atoms with Crippen molar-refractivity contribution in [1.29, 1.82) is 0 Å². The number of ketones is 1. The Morgan fingerprint density at radius 1 is 1.35 bits per heavy atom. The number of carbonyl (C=O) groups excluding carboxylic acids is 1. The predicted octanol–water partition coefficient (Wildman–Crippen LogP) is 1.41. The minimum absolute atomic E-state index is 0.00907. The van der Waals surface area contributed by atoms with Crippen molar-refractivity contribution in [2.24, 2.45) is 5.16 Å². The Hall–Kier alpha value is -2.17. The van der Waals surface area contributed by atoms with Gasteiger partial charge in [0.25, 0.3) is 0 Å². The highest BCUT2D eigenvalue weighted by molar-refractivity contribution is 6.63. The Morgan fingerprint density at radius 2 is 2.06 bits per heavy atom. The molecule has 1 aromatic rings. The van der Waals surface area contributed by atoms with Crippen LogP contribution in [-0.4, -0.2) is 27.8 Å². The molecule has 0 fully saturated rings. The van der Waals surface area contributed by atoms with Gasteiger partial charge in [-0.1, -0.05) is 35.0 Å². The maximum Gasteiger partial charge on any atom is 0.361 e. The first-order chi connectivity index (χ1) is 8.04. The van der Waals surface area contributed by atoms with Gasteiger partial charge < -0.3 is 10.3 Å². The Balaban J connectivity index is 2.63. The van der Waals surface area contributed by atoms with Crippen molar-refractivity contribution >= 4 is 17.5 Å². The molecule has 0 spiro atoms. The van der Waals surface area contributed by atoms with Crippen LogP contribution in [0.25, 0.3) is 0 Å². The number of oxime groups is 1. The lowest BCUT2D eigenvalue weighted by atomic mass is 10.0. The molecule has 0 saturated heterocycles. The second-order valence-electron chi connectivity index (χ2n) is 3.67. The molecule has 2 N–H and O–H groups in total. The quantitative estimate of drug-likeness (QED) is 0.349. The van der Waals surface area contributed by atoms with Crippen molar-refractivity contribution in [2.75, 3.05) is 0 Å². The first kappa shape index (κ1) is 12.9. The van der Waals surface area contributed by atoms with Crippen LogP contribution in [0.1, 0.15) is 17.5 Å². The zero-order chi connectivity index (χ0) is 12.8. The predicted molar refractivity (Wildman–Crippen MR) is 61.4 cm³/mol. The van der Waals surface area contributed by atoms with Gasteiger partial charge in [0.1, 0.15) is 0 Å². The van der Waals surface area contributed by atoms with Crippen molar-refractivity contribution in [3.8, 4) is 0 Å². The molecule has 1 rings (SSSR count). The summed E-state index contributed by atoms with van der Waals surface area (Å²) in [4.78, 5) is 21.9. The fourth-order valence-electron chi connectivity index (χ4n) is 1.46. The molecule has 0 heterocycles. The van der Waals surface area contributed by atoms with E-state index in [1.54, 1.807) is 0 Å². The monoisotopic (exact) mass is 235 g/mol. The molecule has 0 amide bonds. The Morgan fingerprint density at radius 3 is 2.59 bits per heavy atom. The van der Waals surface area contributed by atoms with Crippen LogP contribution in [0.2, 0.25) is 0 Å². The molecular weight excluding hydrogens is 222 g/mol. The highest BCUT2D eigenvalue weighted by Crippen LogP contribution is 2.07. The molecule has 0 saturated carbocycles. The number of hydrogen-bond acceptors (Lipinski definition) is 4. The summed E-state index contributed by atoms with van der Waals surface area (Å²) in [6.07, 6.45) is 0.432. The van der Waals surface area contributed by atoms with Crippen molar-refractivity contribution in [3.05, 3.63) is 35.4 Å². The van der Waals surface area contributed by atoms with Gasteiger partial charge in [0.05, 0.1) is 0 Å². The molecule has 0 aliphatic carbocycles. The number of carboxylic acids is 1. The lowest BCUT2D eigenvalue weighted by molar-refractivity contribution is -0.130. The molecule has 5 heteroatoms. The summed E-state index contributed by atoms with van der Waals surface area (Å²) >= 11 is 0. The lowest BCUT2D eigenvalue weighted by Crippen LogP contribution is -2.24. The Kier molecular flexibility index (Phi) is 4.39. The van der Waals surface area contributed by atoms with Gasteiger partial charge in [-0.2, -0.15) is 0 Å². The van der Waals surface area contributed by atoms with Gasteiger partial charge >= 0.3 is 5.97 Å². The number of rotatable bonds is 5. The summed E-state index contributed by atoms with van der Waals surface area (Å²) in [5, 5.41) is 19.5. The van der Waals surface area contributed by atoms with Crippen LogP contribution < -0.4 is 0 Å². The summed E-state index contributed by atoms with van der Waals surface area (Å²) in [5.74, 6) is -2.19. The van der Waals surface area contributed by atoms with Crippen LogP contribution in [0.5, 0.6) is 0 Å². The van der Waals surface area contributed by atoms with Crippen molar-refractivity contribution in [1.82, 2.24) is 0 Å². The third-order valence-corrected chi connectivity index (χ3v) is 2.29. The average molecular weight is 235 g/mol. The second-order valence-corrected chi connectivity index (χ2v) is 3.67.